The van der Waals surface area contributed by atoms with Crippen LogP contribution in [0.25, 0.3) is 0 Å². The third-order valence-electron chi connectivity index (χ3n) is 1.36. The summed E-state index contributed by atoms with van der Waals surface area (Å²) in [4.78, 5) is 11.1. The molecule has 0 bridgehead atoms. The fourth-order valence-corrected chi connectivity index (χ4v) is 3.32. The van der Waals surface area contributed by atoms with Crippen LogP contribution in [0.15, 0.2) is 16.6 Å². The third-order valence-corrected chi connectivity index (χ3v) is 2.91. The zero-order valence-electron chi connectivity index (χ0n) is 6.20. The van der Waals surface area contributed by atoms with Crippen LogP contribution in [-0.4, -0.2) is 5.78 Å². The first-order valence-corrected chi connectivity index (χ1v) is 5.43. The van der Waals surface area contributed by atoms with Gasteiger partial charge in [-0.3, -0.25) is 4.79 Å². The van der Waals surface area contributed by atoms with E-state index in [1.807, 2.05) is 6.07 Å². The van der Waals surface area contributed by atoms with Crippen molar-refractivity contribution in [3.8, 4) is 0 Å². The van der Waals surface area contributed by atoms with Crippen LogP contribution in [0.3, 0.4) is 0 Å². The van der Waals surface area contributed by atoms with Crippen LogP contribution in [0.4, 0.5) is 0 Å². The van der Waals surface area contributed by atoms with Crippen molar-refractivity contribution in [2.75, 3.05) is 0 Å². The van der Waals surface area contributed by atoms with E-state index in [9.17, 15) is 4.79 Å². The summed E-state index contributed by atoms with van der Waals surface area (Å²) in [6, 6.07) is 3.63. The van der Waals surface area contributed by atoms with Crippen molar-refractivity contribution in [1.82, 2.24) is 0 Å². The number of Topliss-reactive ketones (excluding diaryl/α,β-unsaturated/α-hetero) is 1. The van der Waals surface area contributed by atoms with Crippen molar-refractivity contribution < 1.29 is 4.79 Å². The minimum absolute atomic E-state index is 0.0247. The minimum Gasteiger partial charge on any atom is -0.294 e. The molecule has 64 valence electrons. The molecular formula is C8H5BrClIO. The maximum Gasteiger partial charge on any atom is 0.162 e. The average Bonchev–Trinajstić information content (AvgIpc) is 1.82. The van der Waals surface area contributed by atoms with Gasteiger partial charge in [0, 0.05) is 8.04 Å². The summed E-state index contributed by atoms with van der Waals surface area (Å²) < 4.78 is 1.77. The largest absolute Gasteiger partial charge is 0.294 e. The van der Waals surface area contributed by atoms with Crippen molar-refractivity contribution in [3.05, 3.63) is 30.8 Å². The molecule has 0 heterocycles. The van der Waals surface area contributed by atoms with E-state index in [-0.39, 0.29) is 5.78 Å². The maximum atomic E-state index is 11.1. The van der Waals surface area contributed by atoms with Gasteiger partial charge in [0.05, 0.1) is 10.6 Å². The Bertz CT molecular complexity index is 315. The molecule has 1 aromatic rings. The van der Waals surface area contributed by atoms with Crippen LogP contribution in [0, 0.1) is 3.57 Å². The van der Waals surface area contributed by atoms with E-state index >= 15 is 0 Å². The van der Waals surface area contributed by atoms with E-state index in [2.05, 4.69) is 38.5 Å². The van der Waals surface area contributed by atoms with Crippen LogP contribution in [-0.2, 0) is 0 Å². The normalized spacial score (nSPS) is 10.0. The molecule has 0 saturated carbocycles. The Morgan fingerprint density at radius 3 is 2.58 bits per heavy atom. The van der Waals surface area contributed by atoms with Gasteiger partial charge in [0.25, 0.3) is 0 Å². The number of halogens is 3. The lowest BCUT2D eigenvalue weighted by atomic mass is 10.1. The van der Waals surface area contributed by atoms with Gasteiger partial charge in [-0.25, -0.2) is 0 Å². The van der Waals surface area contributed by atoms with E-state index in [4.69, 9.17) is 11.6 Å². The molecule has 1 rings (SSSR count). The van der Waals surface area contributed by atoms with Gasteiger partial charge in [-0.15, -0.1) is 0 Å². The highest BCUT2D eigenvalue weighted by atomic mass is 127. The number of carbonyl (C=O) groups is 1. The molecule has 0 saturated heterocycles. The van der Waals surface area contributed by atoms with Crippen molar-refractivity contribution in [2.45, 2.75) is 6.92 Å². The summed E-state index contributed by atoms with van der Waals surface area (Å²) in [5.41, 5.74) is 0.553. The van der Waals surface area contributed by atoms with Crippen LogP contribution in [0.5, 0.6) is 0 Å². The highest BCUT2D eigenvalue weighted by Gasteiger charge is 2.10. The Balaban J connectivity index is 3.38. The predicted molar refractivity (Wildman–Crippen MR) is 61.9 cm³/mol. The van der Waals surface area contributed by atoms with Gasteiger partial charge in [0.15, 0.2) is 5.78 Å². The molecule has 0 N–H and O–H groups in total. The molecule has 0 aromatic heterocycles. The molecule has 12 heavy (non-hydrogen) atoms. The van der Waals surface area contributed by atoms with Crippen LogP contribution in [0.1, 0.15) is 17.3 Å². The molecule has 1 nitrogen and oxygen atoms in total. The van der Waals surface area contributed by atoms with E-state index in [1.165, 1.54) is 6.92 Å². The third kappa shape index (κ3) is 2.20. The van der Waals surface area contributed by atoms with Gasteiger partial charge in [-0.05, 0) is 57.6 Å². The molecule has 0 aliphatic rings. The SMILES string of the molecule is CC(=O)c1c(Cl)cc(I)cc1Br. The summed E-state index contributed by atoms with van der Waals surface area (Å²) in [5, 5.41) is 0.501. The van der Waals surface area contributed by atoms with Crippen molar-refractivity contribution in [2.24, 2.45) is 0 Å². The summed E-state index contributed by atoms with van der Waals surface area (Å²) >= 11 is 11.3. The molecule has 1 aromatic carbocycles. The highest BCUT2D eigenvalue weighted by molar-refractivity contribution is 14.1. The monoisotopic (exact) mass is 358 g/mol. The second-order valence-electron chi connectivity index (χ2n) is 2.30. The first kappa shape index (κ1) is 10.5. The zero-order valence-corrected chi connectivity index (χ0v) is 10.7. The van der Waals surface area contributed by atoms with Crippen molar-refractivity contribution in [3.63, 3.8) is 0 Å². The first-order valence-electron chi connectivity index (χ1n) is 3.18. The molecule has 0 aliphatic heterocycles. The topological polar surface area (TPSA) is 17.1 Å². The van der Waals surface area contributed by atoms with Gasteiger partial charge in [0.1, 0.15) is 0 Å². The van der Waals surface area contributed by atoms with Crippen molar-refractivity contribution >= 4 is 55.9 Å². The fourth-order valence-electron chi connectivity index (χ4n) is 0.879. The van der Waals surface area contributed by atoms with Crippen LogP contribution in [0.2, 0.25) is 5.02 Å². The molecule has 0 atom stereocenters. The number of hydrogen-bond donors (Lipinski definition) is 0. The lowest BCUT2D eigenvalue weighted by Crippen LogP contribution is -1.95. The summed E-state index contributed by atoms with van der Waals surface area (Å²) in [7, 11) is 0. The van der Waals surface area contributed by atoms with Crippen LogP contribution >= 0.6 is 50.1 Å². The van der Waals surface area contributed by atoms with E-state index in [0.717, 1.165) is 8.04 Å². The molecule has 0 fully saturated rings. The summed E-state index contributed by atoms with van der Waals surface area (Å²) in [6.07, 6.45) is 0. The summed E-state index contributed by atoms with van der Waals surface area (Å²) in [6.45, 7) is 1.50. The number of rotatable bonds is 1. The second-order valence-corrected chi connectivity index (χ2v) is 4.81. The number of ketones is 1. The van der Waals surface area contributed by atoms with Gasteiger partial charge in [-0.2, -0.15) is 0 Å². The van der Waals surface area contributed by atoms with Crippen molar-refractivity contribution in [1.29, 1.82) is 0 Å². The Labute approximate surface area is 97.8 Å². The predicted octanol–water partition coefficient (Wildman–Crippen LogP) is 3.91. The Morgan fingerprint density at radius 2 is 2.17 bits per heavy atom. The number of hydrogen-bond acceptors (Lipinski definition) is 1. The second kappa shape index (κ2) is 4.07. The first-order chi connectivity index (χ1) is 5.52. The number of carbonyl (C=O) groups excluding carboxylic acids is 1. The standard InChI is InChI=1S/C8H5BrClIO/c1-4(12)8-6(9)2-5(11)3-7(8)10/h2-3H,1H3. The lowest BCUT2D eigenvalue weighted by Gasteiger charge is -2.03. The molecule has 0 amide bonds. The minimum atomic E-state index is -0.0247. The van der Waals surface area contributed by atoms with Gasteiger partial charge in [-0.1, -0.05) is 11.6 Å². The maximum absolute atomic E-state index is 11.1. The van der Waals surface area contributed by atoms with Gasteiger partial charge in [0.2, 0.25) is 0 Å². The molecule has 0 spiro atoms. The Hall–Kier alpha value is 0.390. The molecular weight excluding hydrogens is 354 g/mol. The molecule has 4 heteroatoms. The molecule has 0 aliphatic carbocycles. The highest BCUT2D eigenvalue weighted by Crippen LogP contribution is 2.27. The van der Waals surface area contributed by atoms with E-state index < -0.39 is 0 Å². The zero-order chi connectivity index (χ0) is 9.30. The van der Waals surface area contributed by atoms with E-state index in [0.29, 0.717) is 10.6 Å². The Morgan fingerprint density at radius 1 is 1.58 bits per heavy atom. The number of benzene rings is 1. The molecule has 0 radical (unpaired) electrons. The van der Waals surface area contributed by atoms with Gasteiger partial charge < -0.3 is 0 Å². The smallest absolute Gasteiger partial charge is 0.162 e. The Kier molecular flexibility index (Phi) is 3.55. The van der Waals surface area contributed by atoms with Gasteiger partial charge >= 0.3 is 0 Å². The fraction of sp³-hybridized carbons (Fsp3) is 0.125. The average molecular weight is 359 g/mol. The van der Waals surface area contributed by atoms with E-state index in [1.54, 1.807) is 6.07 Å². The quantitative estimate of drug-likeness (QED) is 0.549. The molecule has 0 unspecified atom stereocenters. The summed E-state index contributed by atoms with van der Waals surface area (Å²) in [5.74, 6) is -0.0247. The lowest BCUT2D eigenvalue weighted by molar-refractivity contribution is 0.101. The van der Waals surface area contributed by atoms with Crippen LogP contribution < -0.4 is 0 Å².